The van der Waals surface area contributed by atoms with E-state index in [-0.39, 0.29) is 10.8 Å². The van der Waals surface area contributed by atoms with Crippen molar-refractivity contribution in [1.82, 2.24) is 0 Å². The van der Waals surface area contributed by atoms with Crippen LogP contribution in [0.25, 0.3) is 6.08 Å². The van der Waals surface area contributed by atoms with Crippen molar-refractivity contribution in [2.75, 3.05) is 0 Å². The number of hydrogen-bond acceptors (Lipinski definition) is 2. The van der Waals surface area contributed by atoms with Crippen LogP contribution in [-0.2, 0) is 4.79 Å². The molecule has 13 heavy (non-hydrogen) atoms. The number of halogens is 2. The first-order chi connectivity index (χ1) is 6.13. The summed E-state index contributed by atoms with van der Waals surface area (Å²) in [6, 6.07) is 4.49. The van der Waals surface area contributed by atoms with E-state index in [0.717, 1.165) is 0 Å². The van der Waals surface area contributed by atoms with E-state index in [9.17, 15) is 9.90 Å². The number of aromatic hydroxyl groups is 1. The first-order valence-electron chi connectivity index (χ1n) is 3.44. The number of aldehydes is 1. The van der Waals surface area contributed by atoms with Gasteiger partial charge in [-0.2, -0.15) is 0 Å². The summed E-state index contributed by atoms with van der Waals surface area (Å²) >= 11 is 11.1. The number of allylic oxidation sites excluding steroid dienone is 1. The Morgan fingerprint density at radius 2 is 2.15 bits per heavy atom. The molecule has 0 radical (unpaired) electrons. The highest BCUT2D eigenvalue weighted by atomic mass is 35.5. The van der Waals surface area contributed by atoms with Crippen LogP contribution in [0.2, 0.25) is 5.02 Å². The number of carbonyl (C=O) groups excluding carboxylic acids is 1. The number of phenolic OH excluding ortho intramolecular Hbond substituents is 1. The Morgan fingerprint density at radius 3 is 2.77 bits per heavy atom. The quantitative estimate of drug-likeness (QED) is 0.610. The topological polar surface area (TPSA) is 37.3 Å². The summed E-state index contributed by atoms with van der Waals surface area (Å²) in [5, 5.41) is 9.78. The molecule has 0 unspecified atom stereocenters. The Bertz CT molecular complexity index is 359. The van der Waals surface area contributed by atoms with Crippen molar-refractivity contribution in [2.45, 2.75) is 0 Å². The highest BCUT2D eigenvalue weighted by molar-refractivity contribution is 6.40. The van der Waals surface area contributed by atoms with Gasteiger partial charge in [-0.15, -0.1) is 0 Å². The fraction of sp³-hybridized carbons (Fsp3) is 0. The zero-order valence-electron chi connectivity index (χ0n) is 6.50. The summed E-state index contributed by atoms with van der Waals surface area (Å²) < 4.78 is 0. The highest BCUT2D eigenvalue weighted by Gasteiger charge is 1.99. The van der Waals surface area contributed by atoms with Crippen molar-refractivity contribution in [3.05, 3.63) is 33.8 Å². The van der Waals surface area contributed by atoms with Crippen molar-refractivity contribution in [3.8, 4) is 5.75 Å². The molecule has 1 aromatic rings. The molecule has 0 fully saturated rings. The van der Waals surface area contributed by atoms with Crippen LogP contribution in [0.15, 0.2) is 23.2 Å². The number of carbonyl (C=O) groups is 1. The van der Waals surface area contributed by atoms with Crippen molar-refractivity contribution in [3.63, 3.8) is 0 Å². The fourth-order valence-electron chi connectivity index (χ4n) is 0.824. The van der Waals surface area contributed by atoms with Gasteiger partial charge in [-0.1, -0.05) is 23.2 Å². The lowest BCUT2D eigenvalue weighted by Crippen LogP contribution is -1.77. The summed E-state index contributed by atoms with van der Waals surface area (Å²) in [6.07, 6.45) is 1.83. The van der Waals surface area contributed by atoms with E-state index in [4.69, 9.17) is 23.2 Å². The van der Waals surface area contributed by atoms with Crippen LogP contribution in [0.3, 0.4) is 0 Å². The molecular formula is C9H6Cl2O2. The molecule has 0 heterocycles. The van der Waals surface area contributed by atoms with Crippen LogP contribution in [0, 0.1) is 0 Å². The van der Waals surface area contributed by atoms with Gasteiger partial charge in [-0.3, -0.25) is 4.79 Å². The van der Waals surface area contributed by atoms with Gasteiger partial charge in [0.25, 0.3) is 0 Å². The molecule has 1 N–H and O–H groups in total. The van der Waals surface area contributed by atoms with Crippen molar-refractivity contribution in [2.24, 2.45) is 0 Å². The third kappa shape index (κ3) is 2.76. The average Bonchev–Trinajstić information content (AvgIpc) is 2.11. The molecule has 0 aliphatic heterocycles. The third-order valence-electron chi connectivity index (χ3n) is 1.40. The number of rotatable bonds is 2. The minimum Gasteiger partial charge on any atom is -0.507 e. The average molecular weight is 217 g/mol. The second-order valence-corrected chi connectivity index (χ2v) is 3.22. The van der Waals surface area contributed by atoms with Gasteiger partial charge in [0, 0.05) is 10.6 Å². The first kappa shape index (κ1) is 10.1. The van der Waals surface area contributed by atoms with Gasteiger partial charge in [0.2, 0.25) is 0 Å². The summed E-state index contributed by atoms with van der Waals surface area (Å²) in [5.74, 6) is 0.0319. The molecule has 0 aromatic heterocycles. The summed E-state index contributed by atoms with van der Waals surface area (Å²) in [6.45, 7) is 0. The maximum absolute atomic E-state index is 10.2. The van der Waals surface area contributed by atoms with Crippen molar-refractivity contribution >= 4 is 35.6 Å². The maximum atomic E-state index is 10.2. The van der Waals surface area contributed by atoms with Crippen molar-refractivity contribution < 1.29 is 9.90 Å². The Hall–Kier alpha value is -0.990. The molecule has 1 aromatic carbocycles. The standard InChI is InChI=1S/C9H6Cl2O2/c10-7-1-2-9(13)6(3-7)4-8(11)5-12/h1-5,13H. The fourth-order valence-corrected chi connectivity index (χ4v) is 1.12. The van der Waals surface area contributed by atoms with E-state index in [0.29, 0.717) is 16.9 Å². The summed E-state index contributed by atoms with van der Waals surface area (Å²) in [7, 11) is 0. The molecule has 4 heteroatoms. The molecule has 0 bridgehead atoms. The lowest BCUT2D eigenvalue weighted by atomic mass is 10.2. The molecule has 0 atom stereocenters. The van der Waals surface area contributed by atoms with Gasteiger partial charge in [0.15, 0.2) is 6.29 Å². The lowest BCUT2D eigenvalue weighted by Gasteiger charge is -1.98. The molecule has 1 rings (SSSR count). The molecule has 0 spiro atoms. The van der Waals surface area contributed by atoms with Crippen LogP contribution in [0.1, 0.15) is 5.56 Å². The SMILES string of the molecule is O=CC(Cl)=Cc1cc(Cl)ccc1O. The van der Waals surface area contributed by atoms with E-state index in [1.54, 1.807) is 6.07 Å². The predicted molar refractivity (Wildman–Crippen MR) is 53.0 cm³/mol. The zero-order chi connectivity index (χ0) is 9.84. The van der Waals surface area contributed by atoms with Crippen LogP contribution in [0.5, 0.6) is 5.75 Å². The molecule has 68 valence electrons. The largest absolute Gasteiger partial charge is 0.507 e. The Labute approximate surface area is 85.4 Å². The van der Waals surface area contributed by atoms with Crippen LogP contribution >= 0.6 is 23.2 Å². The lowest BCUT2D eigenvalue weighted by molar-refractivity contribution is -0.104. The summed E-state index contributed by atoms with van der Waals surface area (Å²) in [5.41, 5.74) is 0.421. The van der Waals surface area contributed by atoms with E-state index in [1.807, 2.05) is 0 Å². The zero-order valence-corrected chi connectivity index (χ0v) is 8.01. The number of hydrogen-bond donors (Lipinski definition) is 1. The second kappa shape index (κ2) is 4.30. The smallest absolute Gasteiger partial charge is 0.161 e. The Morgan fingerprint density at radius 1 is 1.46 bits per heavy atom. The molecule has 2 nitrogen and oxygen atoms in total. The second-order valence-electron chi connectivity index (χ2n) is 2.35. The Balaban J connectivity index is 3.13. The highest BCUT2D eigenvalue weighted by Crippen LogP contribution is 2.24. The first-order valence-corrected chi connectivity index (χ1v) is 4.20. The molecule has 0 saturated heterocycles. The van der Waals surface area contributed by atoms with Crippen molar-refractivity contribution in [1.29, 1.82) is 0 Å². The number of phenols is 1. The summed E-state index contributed by atoms with van der Waals surface area (Å²) in [4.78, 5) is 10.2. The monoisotopic (exact) mass is 216 g/mol. The van der Waals surface area contributed by atoms with E-state index in [2.05, 4.69) is 0 Å². The molecule has 0 saturated carbocycles. The maximum Gasteiger partial charge on any atom is 0.161 e. The normalized spacial score (nSPS) is 11.4. The Kier molecular flexibility index (Phi) is 3.34. The van der Waals surface area contributed by atoms with Gasteiger partial charge in [0.05, 0.1) is 5.03 Å². The molecule has 0 amide bonds. The van der Waals surface area contributed by atoms with Gasteiger partial charge in [-0.05, 0) is 24.3 Å². The molecule has 0 aliphatic carbocycles. The molecular weight excluding hydrogens is 211 g/mol. The van der Waals surface area contributed by atoms with Gasteiger partial charge < -0.3 is 5.11 Å². The number of benzene rings is 1. The van der Waals surface area contributed by atoms with Gasteiger partial charge in [-0.25, -0.2) is 0 Å². The minimum absolute atomic E-state index is 0.0116. The van der Waals surface area contributed by atoms with Crippen LogP contribution < -0.4 is 0 Å². The minimum atomic E-state index is 0.0116. The van der Waals surface area contributed by atoms with E-state index >= 15 is 0 Å². The van der Waals surface area contributed by atoms with Crippen LogP contribution in [-0.4, -0.2) is 11.4 Å². The van der Waals surface area contributed by atoms with Crippen LogP contribution in [0.4, 0.5) is 0 Å². The van der Waals surface area contributed by atoms with Gasteiger partial charge >= 0.3 is 0 Å². The van der Waals surface area contributed by atoms with E-state index in [1.165, 1.54) is 18.2 Å². The molecule has 0 aliphatic rings. The van der Waals surface area contributed by atoms with E-state index < -0.39 is 0 Å². The predicted octanol–water partition coefficient (Wildman–Crippen LogP) is 2.82. The van der Waals surface area contributed by atoms with Gasteiger partial charge in [0.1, 0.15) is 5.75 Å². The third-order valence-corrected chi connectivity index (χ3v) is 1.83.